The number of nitrogens with zero attached hydrogens (tertiary/aromatic N) is 1. The molecule has 8 heteroatoms. The lowest BCUT2D eigenvalue weighted by Gasteiger charge is -2.21. The molecule has 1 heterocycles. The molecule has 0 aliphatic heterocycles. The molecule has 0 bridgehead atoms. The molecule has 1 aliphatic carbocycles. The standard InChI is InChI=1S/C10H8ClF3N2O2/c11-6-3-5(8(17)18)4-7(15-6)16-9(1-2-9)10(12,13)14/h3-4H,1-2H2,(H,15,16)(H,17,18). The van der Waals surface area contributed by atoms with Gasteiger partial charge in [-0.3, -0.25) is 0 Å². The van der Waals surface area contributed by atoms with Crippen LogP contribution in [0.15, 0.2) is 12.1 Å². The summed E-state index contributed by atoms with van der Waals surface area (Å²) in [6.45, 7) is 0. The van der Waals surface area contributed by atoms with E-state index in [0.29, 0.717) is 0 Å². The molecule has 1 fully saturated rings. The number of hydrogen-bond donors (Lipinski definition) is 2. The molecule has 0 amide bonds. The third kappa shape index (κ3) is 2.35. The molecule has 1 aliphatic rings. The van der Waals surface area contributed by atoms with E-state index in [1.807, 2.05) is 0 Å². The molecular weight excluding hydrogens is 273 g/mol. The largest absolute Gasteiger partial charge is 0.478 e. The highest BCUT2D eigenvalue weighted by Gasteiger charge is 2.63. The lowest BCUT2D eigenvalue weighted by Crippen LogP contribution is -2.39. The van der Waals surface area contributed by atoms with E-state index in [2.05, 4.69) is 10.3 Å². The fraction of sp³-hybridized carbons (Fsp3) is 0.400. The summed E-state index contributed by atoms with van der Waals surface area (Å²) < 4.78 is 38.1. The molecule has 1 aromatic heterocycles. The van der Waals surface area contributed by atoms with Gasteiger partial charge in [-0.1, -0.05) is 11.6 Å². The Labute approximate surface area is 105 Å². The molecule has 0 saturated heterocycles. The minimum absolute atomic E-state index is 0.0624. The van der Waals surface area contributed by atoms with Crippen LogP contribution in [0.25, 0.3) is 0 Å². The summed E-state index contributed by atoms with van der Waals surface area (Å²) in [6.07, 6.45) is -4.53. The number of carboxylic acid groups (broad SMARTS) is 1. The molecule has 0 atom stereocenters. The van der Waals surface area contributed by atoms with E-state index in [-0.39, 0.29) is 29.4 Å². The van der Waals surface area contributed by atoms with Gasteiger partial charge in [-0.2, -0.15) is 13.2 Å². The van der Waals surface area contributed by atoms with E-state index in [1.54, 1.807) is 0 Å². The van der Waals surface area contributed by atoms with Crippen LogP contribution < -0.4 is 5.32 Å². The van der Waals surface area contributed by atoms with Gasteiger partial charge in [0.15, 0.2) is 0 Å². The number of carbonyl (C=O) groups is 1. The average Bonchev–Trinajstić information content (AvgIpc) is 2.96. The van der Waals surface area contributed by atoms with Crippen molar-refractivity contribution in [3.63, 3.8) is 0 Å². The third-order valence-electron chi connectivity index (χ3n) is 2.70. The van der Waals surface area contributed by atoms with Crippen molar-refractivity contribution in [1.82, 2.24) is 4.98 Å². The molecule has 1 saturated carbocycles. The number of aromatic nitrogens is 1. The van der Waals surface area contributed by atoms with Crippen molar-refractivity contribution < 1.29 is 23.1 Å². The number of halogens is 4. The predicted octanol–water partition coefficient (Wildman–Crippen LogP) is 2.94. The molecule has 4 nitrogen and oxygen atoms in total. The zero-order valence-electron chi connectivity index (χ0n) is 8.88. The Morgan fingerprint density at radius 3 is 2.50 bits per heavy atom. The first-order valence-corrected chi connectivity index (χ1v) is 5.37. The second-order valence-corrected chi connectivity index (χ2v) is 4.46. The van der Waals surface area contributed by atoms with Crippen LogP contribution in [0.4, 0.5) is 19.0 Å². The van der Waals surface area contributed by atoms with Gasteiger partial charge in [0, 0.05) is 0 Å². The first kappa shape index (κ1) is 12.9. The van der Waals surface area contributed by atoms with E-state index < -0.39 is 17.7 Å². The maximum absolute atomic E-state index is 12.7. The van der Waals surface area contributed by atoms with Crippen LogP contribution >= 0.6 is 11.6 Å². The Hall–Kier alpha value is -1.50. The summed E-state index contributed by atoms with van der Waals surface area (Å²) >= 11 is 5.56. The third-order valence-corrected chi connectivity index (χ3v) is 2.89. The molecule has 0 unspecified atom stereocenters. The highest BCUT2D eigenvalue weighted by Crippen LogP contribution is 2.51. The fourth-order valence-corrected chi connectivity index (χ4v) is 1.74. The average molecular weight is 281 g/mol. The number of alkyl halides is 3. The Bertz CT molecular complexity index is 500. The maximum Gasteiger partial charge on any atom is 0.411 e. The van der Waals surface area contributed by atoms with E-state index >= 15 is 0 Å². The Morgan fingerprint density at radius 1 is 1.44 bits per heavy atom. The van der Waals surface area contributed by atoms with E-state index in [1.165, 1.54) is 0 Å². The molecular formula is C10H8ClF3N2O2. The quantitative estimate of drug-likeness (QED) is 0.836. The van der Waals surface area contributed by atoms with Gasteiger partial charge >= 0.3 is 12.1 Å². The molecule has 1 aromatic rings. The van der Waals surface area contributed by atoms with Gasteiger partial charge in [-0.05, 0) is 25.0 Å². The maximum atomic E-state index is 12.7. The minimum Gasteiger partial charge on any atom is -0.478 e. The molecule has 0 radical (unpaired) electrons. The van der Waals surface area contributed by atoms with Gasteiger partial charge in [0.2, 0.25) is 0 Å². The molecule has 2 N–H and O–H groups in total. The molecule has 18 heavy (non-hydrogen) atoms. The number of anilines is 1. The summed E-state index contributed by atoms with van der Waals surface area (Å²) in [4.78, 5) is 14.4. The summed E-state index contributed by atoms with van der Waals surface area (Å²) in [5, 5.41) is 10.8. The number of rotatable bonds is 3. The highest BCUT2D eigenvalue weighted by atomic mass is 35.5. The van der Waals surface area contributed by atoms with Crippen molar-refractivity contribution in [2.45, 2.75) is 24.6 Å². The Balaban J connectivity index is 2.28. The van der Waals surface area contributed by atoms with Crippen molar-refractivity contribution in [2.75, 3.05) is 5.32 Å². The van der Waals surface area contributed by atoms with Crippen molar-refractivity contribution in [3.05, 3.63) is 22.8 Å². The minimum atomic E-state index is -4.40. The first-order chi connectivity index (χ1) is 8.23. The SMILES string of the molecule is O=C(O)c1cc(Cl)nc(NC2(C(F)(F)F)CC2)c1. The van der Waals surface area contributed by atoms with Crippen molar-refractivity contribution in [1.29, 1.82) is 0 Å². The molecule has 98 valence electrons. The van der Waals surface area contributed by atoms with Gasteiger partial charge in [0.25, 0.3) is 0 Å². The second kappa shape index (κ2) is 4.01. The van der Waals surface area contributed by atoms with Crippen LogP contribution in [0.3, 0.4) is 0 Å². The Kier molecular flexibility index (Phi) is 2.89. The van der Waals surface area contributed by atoms with Gasteiger partial charge in [0.1, 0.15) is 16.5 Å². The van der Waals surface area contributed by atoms with Crippen molar-refractivity contribution in [3.8, 4) is 0 Å². The van der Waals surface area contributed by atoms with Gasteiger partial charge in [-0.15, -0.1) is 0 Å². The van der Waals surface area contributed by atoms with E-state index in [9.17, 15) is 18.0 Å². The normalized spacial score (nSPS) is 17.3. The highest BCUT2D eigenvalue weighted by molar-refractivity contribution is 6.29. The number of nitrogens with one attached hydrogen (secondary N) is 1. The molecule has 2 rings (SSSR count). The zero-order chi connectivity index (χ0) is 13.6. The lowest BCUT2D eigenvalue weighted by atomic mass is 10.2. The Morgan fingerprint density at radius 2 is 2.06 bits per heavy atom. The second-order valence-electron chi connectivity index (χ2n) is 4.07. The van der Waals surface area contributed by atoms with Crippen LogP contribution in [0.2, 0.25) is 5.15 Å². The summed E-state index contributed by atoms with van der Waals surface area (Å²) in [7, 11) is 0. The summed E-state index contributed by atoms with van der Waals surface area (Å²) in [5.41, 5.74) is -2.21. The van der Waals surface area contributed by atoms with Gasteiger partial charge in [-0.25, -0.2) is 9.78 Å². The van der Waals surface area contributed by atoms with Crippen LogP contribution in [-0.2, 0) is 0 Å². The predicted molar refractivity (Wildman–Crippen MR) is 57.8 cm³/mol. The monoisotopic (exact) mass is 280 g/mol. The summed E-state index contributed by atoms with van der Waals surface area (Å²) in [5.74, 6) is -1.46. The van der Waals surface area contributed by atoms with Gasteiger partial charge < -0.3 is 10.4 Å². The van der Waals surface area contributed by atoms with E-state index in [0.717, 1.165) is 12.1 Å². The smallest absolute Gasteiger partial charge is 0.411 e. The van der Waals surface area contributed by atoms with Crippen molar-refractivity contribution >= 4 is 23.4 Å². The molecule has 0 spiro atoms. The number of hydrogen-bond acceptors (Lipinski definition) is 3. The van der Waals surface area contributed by atoms with Gasteiger partial charge in [0.05, 0.1) is 5.56 Å². The lowest BCUT2D eigenvalue weighted by molar-refractivity contribution is -0.151. The summed E-state index contributed by atoms with van der Waals surface area (Å²) in [6, 6.07) is 2.10. The van der Waals surface area contributed by atoms with Crippen LogP contribution in [-0.4, -0.2) is 27.8 Å². The first-order valence-electron chi connectivity index (χ1n) is 4.99. The number of aromatic carboxylic acids is 1. The van der Waals surface area contributed by atoms with Crippen LogP contribution in [0.5, 0.6) is 0 Å². The number of carboxylic acids is 1. The van der Waals surface area contributed by atoms with Crippen LogP contribution in [0.1, 0.15) is 23.2 Å². The topological polar surface area (TPSA) is 62.2 Å². The van der Waals surface area contributed by atoms with Crippen molar-refractivity contribution in [2.24, 2.45) is 0 Å². The van der Waals surface area contributed by atoms with Crippen LogP contribution in [0, 0.1) is 0 Å². The molecule has 0 aromatic carbocycles. The zero-order valence-corrected chi connectivity index (χ0v) is 9.64. The van der Waals surface area contributed by atoms with E-state index in [4.69, 9.17) is 16.7 Å². The number of pyridine rings is 1. The fourth-order valence-electron chi connectivity index (χ4n) is 1.53.